The van der Waals surface area contributed by atoms with Crippen LogP contribution in [0, 0.1) is 0 Å². The van der Waals surface area contributed by atoms with Crippen LogP contribution in [0.1, 0.15) is 51.3 Å². The molecule has 33 heavy (non-hydrogen) atoms. The third-order valence-corrected chi connectivity index (χ3v) is 6.76. The van der Waals surface area contributed by atoms with Gasteiger partial charge in [0.1, 0.15) is 0 Å². The number of fused-ring (bicyclic) bond motifs is 1. The van der Waals surface area contributed by atoms with Crippen molar-refractivity contribution in [2.75, 3.05) is 18.4 Å². The van der Waals surface area contributed by atoms with Gasteiger partial charge in [-0.05, 0) is 49.4 Å². The van der Waals surface area contributed by atoms with Crippen molar-refractivity contribution in [1.82, 2.24) is 15.1 Å². The molecule has 174 valence electrons. The highest BCUT2D eigenvalue weighted by molar-refractivity contribution is 7.13. The molecule has 1 aromatic carbocycles. The van der Waals surface area contributed by atoms with E-state index in [1.165, 1.54) is 6.42 Å². The van der Waals surface area contributed by atoms with Crippen molar-refractivity contribution < 1.29 is 18.7 Å². The maximum atomic E-state index is 12.8. The highest BCUT2D eigenvalue weighted by Gasteiger charge is 2.42. The van der Waals surface area contributed by atoms with E-state index in [-0.39, 0.29) is 12.5 Å². The van der Waals surface area contributed by atoms with Crippen molar-refractivity contribution in [2.24, 2.45) is 0 Å². The Morgan fingerprint density at radius 1 is 1.15 bits per heavy atom. The van der Waals surface area contributed by atoms with E-state index in [9.17, 15) is 4.79 Å². The van der Waals surface area contributed by atoms with E-state index in [2.05, 4.69) is 22.4 Å². The molecule has 9 heteroatoms. The zero-order valence-corrected chi connectivity index (χ0v) is 19.5. The standard InChI is InChI=1S/C24H28N4O4S/c1-2-12-28(16-22-26-27-23(30-22)20-7-6-13-33-20)15-21(29)25-17-8-9-18-19(14-17)32-24(31-18)10-4-3-5-11-24/h6-9,13-14H,2-5,10-12,15-16H2,1H3,(H,25,29). The van der Waals surface area contributed by atoms with Crippen molar-refractivity contribution in [3.8, 4) is 22.3 Å². The van der Waals surface area contributed by atoms with Crippen molar-refractivity contribution in [3.63, 3.8) is 0 Å². The van der Waals surface area contributed by atoms with E-state index in [4.69, 9.17) is 13.9 Å². The number of hydrogen-bond donors (Lipinski definition) is 1. The first kappa shape index (κ1) is 21.9. The van der Waals surface area contributed by atoms with Crippen LogP contribution in [0.25, 0.3) is 10.8 Å². The molecule has 8 nitrogen and oxygen atoms in total. The predicted molar refractivity (Wildman–Crippen MR) is 125 cm³/mol. The van der Waals surface area contributed by atoms with Gasteiger partial charge in [0.2, 0.25) is 11.8 Å². The van der Waals surface area contributed by atoms with Crippen molar-refractivity contribution in [3.05, 3.63) is 41.6 Å². The Morgan fingerprint density at radius 3 is 2.79 bits per heavy atom. The highest BCUT2D eigenvalue weighted by atomic mass is 32.1. The van der Waals surface area contributed by atoms with Crippen LogP contribution in [0.4, 0.5) is 5.69 Å². The first-order chi connectivity index (χ1) is 16.1. The molecule has 3 aromatic rings. The largest absolute Gasteiger partial charge is 0.448 e. The second kappa shape index (κ2) is 9.52. The van der Waals surface area contributed by atoms with Crippen LogP contribution in [-0.4, -0.2) is 39.9 Å². The van der Waals surface area contributed by atoms with Crippen LogP contribution in [-0.2, 0) is 11.3 Å². The lowest BCUT2D eigenvalue weighted by Crippen LogP contribution is -2.40. The average Bonchev–Trinajstić information content (AvgIpc) is 3.54. The zero-order chi connectivity index (χ0) is 22.7. The molecule has 3 heterocycles. The summed E-state index contributed by atoms with van der Waals surface area (Å²) in [5, 5.41) is 13.2. The minimum Gasteiger partial charge on any atom is -0.448 e. The summed E-state index contributed by atoms with van der Waals surface area (Å²) >= 11 is 1.55. The summed E-state index contributed by atoms with van der Waals surface area (Å²) in [6.07, 6.45) is 6.16. The normalized spacial score (nSPS) is 16.4. The molecule has 1 saturated carbocycles. The molecule has 0 saturated heterocycles. The molecule has 2 aromatic heterocycles. The second-order valence-electron chi connectivity index (χ2n) is 8.57. The summed E-state index contributed by atoms with van der Waals surface area (Å²) in [5.41, 5.74) is 0.699. The minimum atomic E-state index is -0.521. The maximum absolute atomic E-state index is 12.8. The van der Waals surface area contributed by atoms with Crippen molar-refractivity contribution in [2.45, 2.75) is 57.8 Å². The Kier molecular flexibility index (Phi) is 6.32. The smallest absolute Gasteiger partial charge is 0.257 e. The number of anilines is 1. The number of carbonyl (C=O) groups excluding carboxylic acids is 1. The fraction of sp³-hybridized carbons (Fsp3) is 0.458. The molecule has 2 aliphatic rings. The van der Waals surface area contributed by atoms with E-state index in [0.717, 1.165) is 49.3 Å². The first-order valence-electron chi connectivity index (χ1n) is 11.5. The molecule has 5 rings (SSSR count). The fourth-order valence-corrected chi connectivity index (χ4v) is 5.05. The van der Waals surface area contributed by atoms with Gasteiger partial charge in [0, 0.05) is 24.6 Å². The van der Waals surface area contributed by atoms with E-state index < -0.39 is 5.79 Å². The molecule has 0 atom stereocenters. The van der Waals surface area contributed by atoms with Crippen LogP contribution in [0.3, 0.4) is 0 Å². The topological polar surface area (TPSA) is 89.7 Å². The quantitative estimate of drug-likeness (QED) is 0.493. The number of aromatic nitrogens is 2. The van der Waals surface area contributed by atoms with Gasteiger partial charge in [0.25, 0.3) is 11.7 Å². The van der Waals surface area contributed by atoms with Crippen LogP contribution >= 0.6 is 11.3 Å². The van der Waals surface area contributed by atoms with Crippen molar-refractivity contribution >= 4 is 22.9 Å². The number of nitrogens with one attached hydrogen (secondary N) is 1. The van der Waals surface area contributed by atoms with Crippen LogP contribution in [0.2, 0.25) is 0 Å². The Balaban J connectivity index is 1.19. The number of nitrogens with zero attached hydrogens (tertiary/aromatic N) is 3. The first-order valence-corrected chi connectivity index (χ1v) is 12.4. The van der Waals surface area contributed by atoms with E-state index >= 15 is 0 Å². The molecule has 1 aliphatic heterocycles. The average molecular weight is 469 g/mol. The van der Waals surface area contributed by atoms with Gasteiger partial charge in [0.05, 0.1) is 18.0 Å². The van der Waals surface area contributed by atoms with Crippen LogP contribution in [0.5, 0.6) is 11.5 Å². The van der Waals surface area contributed by atoms with E-state index in [0.29, 0.717) is 29.8 Å². The van der Waals surface area contributed by atoms with Gasteiger partial charge in [-0.25, -0.2) is 0 Å². The summed E-state index contributed by atoms with van der Waals surface area (Å²) < 4.78 is 18.1. The minimum absolute atomic E-state index is 0.104. The molecular formula is C24H28N4O4S. The Hall–Kier alpha value is -2.91. The Morgan fingerprint density at radius 2 is 2.00 bits per heavy atom. The van der Waals surface area contributed by atoms with Gasteiger partial charge in [-0.3, -0.25) is 9.69 Å². The van der Waals surface area contributed by atoms with Gasteiger partial charge in [-0.1, -0.05) is 19.4 Å². The summed E-state index contributed by atoms with van der Waals surface area (Å²) in [6.45, 7) is 3.47. The molecule has 0 unspecified atom stereocenters. The van der Waals surface area contributed by atoms with E-state index in [1.54, 1.807) is 11.3 Å². The number of amides is 1. The number of carbonyl (C=O) groups is 1. The molecule has 1 fully saturated rings. The summed E-state index contributed by atoms with van der Waals surface area (Å²) in [5.74, 6) is 1.84. The van der Waals surface area contributed by atoms with Crippen LogP contribution in [0.15, 0.2) is 40.1 Å². The van der Waals surface area contributed by atoms with E-state index in [1.807, 2.05) is 40.6 Å². The molecule has 0 radical (unpaired) electrons. The number of hydrogen-bond acceptors (Lipinski definition) is 8. The lowest BCUT2D eigenvalue weighted by molar-refractivity contribution is -0.117. The lowest BCUT2D eigenvalue weighted by Gasteiger charge is -2.31. The van der Waals surface area contributed by atoms with Crippen LogP contribution < -0.4 is 14.8 Å². The molecular weight excluding hydrogens is 440 g/mol. The predicted octanol–water partition coefficient (Wildman–Crippen LogP) is 5.08. The number of thiophene rings is 1. The second-order valence-corrected chi connectivity index (χ2v) is 9.52. The molecule has 1 spiro atoms. The fourth-order valence-electron chi connectivity index (χ4n) is 4.41. The van der Waals surface area contributed by atoms with Gasteiger partial charge in [0.15, 0.2) is 11.5 Å². The molecule has 0 bridgehead atoms. The van der Waals surface area contributed by atoms with Crippen molar-refractivity contribution in [1.29, 1.82) is 0 Å². The summed E-state index contributed by atoms with van der Waals surface area (Å²) in [7, 11) is 0. The number of ether oxygens (including phenoxy) is 2. The third-order valence-electron chi connectivity index (χ3n) is 5.90. The zero-order valence-electron chi connectivity index (χ0n) is 18.7. The highest BCUT2D eigenvalue weighted by Crippen LogP contribution is 2.46. The monoisotopic (exact) mass is 468 g/mol. The maximum Gasteiger partial charge on any atom is 0.257 e. The Labute approximate surface area is 196 Å². The Bertz CT molecular complexity index is 1090. The third kappa shape index (κ3) is 5.04. The summed E-state index contributed by atoms with van der Waals surface area (Å²) in [4.78, 5) is 15.7. The van der Waals surface area contributed by atoms with Gasteiger partial charge < -0.3 is 19.2 Å². The molecule has 1 aliphatic carbocycles. The SMILES string of the molecule is CCCN(CC(=O)Nc1ccc2c(c1)OC1(CCCCC1)O2)Cc1nnc(-c2cccs2)o1. The van der Waals surface area contributed by atoms with Gasteiger partial charge >= 0.3 is 0 Å². The number of rotatable bonds is 8. The van der Waals surface area contributed by atoms with Gasteiger partial charge in [-0.15, -0.1) is 21.5 Å². The lowest BCUT2D eigenvalue weighted by atomic mass is 9.94. The molecule has 1 amide bonds. The number of benzene rings is 1. The van der Waals surface area contributed by atoms with Gasteiger partial charge in [-0.2, -0.15) is 0 Å². The summed E-state index contributed by atoms with van der Waals surface area (Å²) in [6, 6.07) is 9.48. The molecule has 1 N–H and O–H groups in total.